The lowest BCUT2D eigenvalue weighted by molar-refractivity contribution is -0.149. The Hall–Kier alpha value is -3.28. The van der Waals surface area contributed by atoms with Gasteiger partial charge in [-0.3, -0.25) is 9.59 Å². The largest absolute Gasteiger partial charge is 0.492 e. The summed E-state index contributed by atoms with van der Waals surface area (Å²) >= 11 is 0. The SMILES string of the molecule is CCOC(=O)C(CCCOc1c2ccccc2c(OCCCC(CCC2CCCCC2)C(=O)OCC)c2ccccc12)CCC1CCCCC1. The summed E-state index contributed by atoms with van der Waals surface area (Å²) in [6, 6.07) is 16.6. The molecule has 2 aliphatic carbocycles. The van der Waals surface area contributed by atoms with E-state index in [1.54, 1.807) is 0 Å². The average Bonchev–Trinajstić information content (AvgIpc) is 3.15. The normalized spacial score (nSPS) is 17.0. The third-order valence-corrected chi connectivity index (χ3v) is 11.3. The maximum absolute atomic E-state index is 12.9. The van der Waals surface area contributed by atoms with Crippen molar-refractivity contribution < 1.29 is 28.5 Å². The fourth-order valence-electron chi connectivity index (χ4n) is 8.47. The molecule has 6 nitrogen and oxygen atoms in total. The summed E-state index contributed by atoms with van der Waals surface area (Å²) in [6.07, 6.45) is 20.4. The molecule has 2 atom stereocenters. The molecule has 0 heterocycles. The zero-order chi connectivity index (χ0) is 35.0. The predicted molar refractivity (Wildman–Crippen MR) is 203 cm³/mol. The Morgan fingerprint density at radius 2 is 0.920 bits per heavy atom. The van der Waals surface area contributed by atoms with Crippen LogP contribution in [0.25, 0.3) is 21.5 Å². The van der Waals surface area contributed by atoms with Gasteiger partial charge in [0.1, 0.15) is 11.5 Å². The van der Waals surface area contributed by atoms with E-state index in [4.69, 9.17) is 18.9 Å². The summed E-state index contributed by atoms with van der Waals surface area (Å²) in [5.74, 6) is 2.98. The fraction of sp³-hybridized carbons (Fsp3) is 0.636. The van der Waals surface area contributed by atoms with Gasteiger partial charge in [0, 0.05) is 21.5 Å². The van der Waals surface area contributed by atoms with E-state index in [-0.39, 0.29) is 23.8 Å². The molecule has 3 aromatic rings. The molecule has 2 fully saturated rings. The molecule has 6 heteroatoms. The summed E-state index contributed by atoms with van der Waals surface area (Å²) in [5.41, 5.74) is 0. The molecule has 3 aromatic carbocycles. The van der Waals surface area contributed by atoms with Gasteiger partial charge >= 0.3 is 11.9 Å². The van der Waals surface area contributed by atoms with Crippen LogP contribution in [0.15, 0.2) is 48.5 Å². The second-order valence-corrected chi connectivity index (χ2v) is 14.8. The van der Waals surface area contributed by atoms with Gasteiger partial charge in [0.15, 0.2) is 0 Å². The first-order chi connectivity index (χ1) is 24.6. The second kappa shape index (κ2) is 20.5. The van der Waals surface area contributed by atoms with Crippen molar-refractivity contribution in [2.24, 2.45) is 23.7 Å². The second-order valence-electron chi connectivity index (χ2n) is 14.8. The lowest BCUT2D eigenvalue weighted by Gasteiger charge is -2.24. The van der Waals surface area contributed by atoms with Crippen molar-refractivity contribution in [2.45, 2.75) is 129 Å². The van der Waals surface area contributed by atoms with Crippen LogP contribution in [0.1, 0.15) is 129 Å². The zero-order valence-electron chi connectivity index (χ0n) is 30.9. The average molecular weight is 687 g/mol. The molecule has 0 amide bonds. The van der Waals surface area contributed by atoms with Crippen LogP contribution < -0.4 is 9.47 Å². The molecule has 0 aliphatic heterocycles. The Morgan fingerprint density at radius 3 is 1.26 bits per heavy atom. The topological polar surface area (TPSA) is 71.1 Å². The van der Waals surface area contributed by atoms with Crippen LogP contribution in [0.5, 0.6) is 11.5 Å². The highest BCUT2D eigenvalue weighted by molar-refractivity contribution is 6.11. The van der Waals surface area contributed by atoms with Crippen LogP contribution in [0.2, 0.25) is 0 Å². The van der Waals surface area contributed by atoms with Crippen molar-refractivity contribution >= 4 is 33.5 Å². The highest BCUT2D eigenvalue weighted by atomic mass is 16.5. The molecule has 2 aliphatic rings. The molecule has 0 N–H and O–H groups in total. The van der Waals surface area contributed by atoms with Gasteiger partial charge in [0.05, 0.1) is 38.3 Å². The number of carbonyl (C=O) groups excluding carboxylic acids is 2. The van der Waals surface area contributed by atoms with Gasteiger partial charge in [-0.15, -0.1) is 0 Å². The summed E-state index contributed by atoms with van der Waals surface area (Å²) in [4.78, 5) is 25.7. The van der Waals surface area contributed by atoms with Crippen molar-refractivity contribution in [3.8, 4) is 11.5 Å². The maximum Gasteiger partial charge on any atom is 0.308 e. The van der Waals surface area contributed by atoms with Crippen LogP contribution >= 0.6 is 0 Å². The zero-order valence-corrected chi connectivity index (χ0v) is 30.9. The number of esters is 2. The third-order valence-electron chi connectivity index (χ3n) is 11.3. The molecule has 0 radical (unpaired) electrons. The molecule has 0 spiro atoms. The number of benzene rings is 3. The Kier molecular flexibility index (Phi) is 15.6. The number of ether oxygens (including phenoxy) is 4. The van der Waals surface area contributed by atoms with Gasteiger partial charge in [0.2, 0.25) is 0 Å². The summed E-state index contributed by atoms with van der Waals surface area (Å²) < 4.78 is 24.2. The molecule has 0 aromatic heterocycles. The molecule has 274 valence electrons. The molecule has 0 saturated heterocycles. The van der Waals surface area contributed by atoms with Crippen molar-refractivity contribution in [3.05, 3.63) is 48.5 Å². The molecule has 2 saturated carbocycles. The predicted octanol–water partition coefficient (Wildman–Crippen LogP) is 11.4. The first-order valence-corrected chi connectivity index (χ1v) is 20.1. The molecular weight excluding hydrogens is 624 g/mol. The van der Waals surface area contributed by atoms with Gasteiger partial charge in [0.25, 0.3) is 0 Å². The van der Waals surface area contributed by atoms with Crippen molar-refractivity contribution in [3.63, 3.8) is 0 Å². The highest BCUT2D eigenvalue weighted by Crippen LogP contribution is 2.43. The molecular formula is C44H62O6. The Morgan fingerprint density at radius 1 is 0.560 bits per heavy atom. The lowest BCUT2D eigenvalue weighted by Crippen LogP contribution is -2.20. The maximum atomic E-state index is 12.9. The van der Waals surface area contributed by atoms with Gasteiger partial charge < -0.3 is 18.9 Å². The molecule has 2 unspecified atom stereocenters. The monoisotopic (exact) mass is 686 g/mol. The van der Waals surface area contributed by atoms with Crippen LogP contribution in [0.4, 0.5) is 0 Å². The van der Waals surface area contributed by atoms with Crippen LogP contribution in [-0.4, -0.2) is 38.4 Å². The van der Waals surface area contributed by atoms with E-state index in [0.717, 1.165) is 96.2 Å². The van der Waals surface area contributed by atoms with Crippen molar-refractivity contribution in [1.82, 2.24) is 0 Å². The number of fused-ring (bicyclic) bond motifs is 2. The van der Waals surface area contributed by atoms with Crippen molar-refractivity contribution in [2.75, 3.05) is 26.4 Å². The van der Waals surface area contributed by atoms with E-state index >= 15 is 0 Å². The van der Waals surface area contributed by atoms with E-state index in [9.17, 15) is 9.59 Å². The Labute approximate surface area is 301 Å². The van der Waals surface area contributed by atoms with Crippen molar-refractivity contribution in [1.29, 1.82) is 0 Å². The van der Waals surface area contributed by atoms with Crippen LogP contribution in [0, 0.1) is 23.7 Å². The summed E-state index contributed by atoms with van der Waals surface area (Å²) in [7, 11) is 0. The standard InChI is InChI=1S/C44H62O6/c1-3-47-43(45)35(29-27-33-17-7-5-8-18-33)21-15-31-49-41-37-23-11-13-25-39(37)42(40-26-14-12-24-38(40)41)50-32-16-22-36(44(46)48-4-2)30-28-34-19-9-6-10-20-34/h11-14,23-26,33-36H,3-10,15-22,27-32H2,1-2H3. The Balaban J connectivity index is 1.22. The van der Waals surface area contributed by atoms with E-state index in [2.05, 4.69) is 24.3 Å². The summed E-state index contributed by atoms with van der Waals surface area (Å²) in [6.45, 7) is 5.69. The van der Waals surface area contributed by atoms with Crippen LogP contribution in [-0.2, 0) is 19.1 Å². The van der Waals surface area contributed by atoms with E-state index in [0.29, 0.717) is 26.4 Å². The first kappa shape index (κ1) is 38.0. The first-order valence-electron chi connectivity index (χ1n) is 20.1. The fourth-order valence-corrected chi connectivity index (χ4v) is 8.47. The number of carbonyl (C=O) groups is 2. The van der Waals surface area contributed by atoms with Gasteiger partial charge in [-0.05, 0) is 77.0 Å². The van der Waals surface area contributed by atoms with E-state index < -0.39 is 0 Å². The minimum Gasteiger partial charge on any atom is -0.492 e. The van der Waals surface area contributed by atoms with Gasteiger partial charge in [-0.1, -0.05) is 113 Å². The van der Waals surface area contributed by atoms with E-state index in [1.807, 2.05) is 38.1 Å². The lowest BCUT2D eigenvalue weighted by atomic mass is 9.83. The number of hydrogen-bond acceptors (Lipinski definition) is 6. The minimum absolute atomic E-state index is 0.0569. The summed E-state index contributed by atoms with van der Waals surface area (Å²) in [5, 5.41) is 4.10. The Bertz CT molecular complexity index is 1300. The molecule has 50 heavy (non-hydrogen) atoms. The number of hydrogen-bond donors (Lipinski definition) is 0. The quantitative estimate of drug-likeness (QED) is 0.0669. The number of rotatable bonds is 20. The van der Waals surface area contributed by atoms with Gasteiger partial charge in [-0.25, -0.2) is 0 Å². The molecule has 0 bridgehead atoms. The smallest absolute Gasteiger partial charge is 0.308 e. The molecule has 5 rings (SSSR count). The van der Waals surface area contributed by atoms with E-state index in [1.165, 1.54) is 64.2 Å². The van der Waals surface area contributed by atoms with Gasteiger partial charge in [-0.2, -0.15) is 0 Å². The minimum atomic E-state index is -0.0690. The third kappa shape index (κ3) is 10.9. The highest BCUT2D eigenvalue weighted by Gasteiger charge is 2.24. The van der Waals surface area contributed by atoms with Crippen LogP contribution in [0.3, 0.4) is 0 Å².